The lowest BCUT2D eigenvalue weighted by molar-refractivity contribution is -0.143. The third kappa shape index (κ3) is 1.58. The Balaban J connectivity index is 1.51. The van der Waals surface area contributed by atoms with Gasteiger partial charge in [0.05, 0.1) is 5.92 Å². The van der Waals surface area contributed by atoms with Crippen molar-refractivity contribution in [2.45, 2.75) is 57.0 Å². The smallest absolute Gasteiger partial charge is 0.308 e. The highest BCUT2D eigenvalue weighted by atomic mass is 16.4. The van der Waals surface area contributed by atoms with Gasteiger partial charge in [-0.15, -0.1) is 0 Å². The highest BCUT2D eigenvalue weighted by Crippen LogP contribution is 2.57. The second-order valence-corrected chi connectivity index (χ2v) is 6.86. The molecule has 0 radical (unpaired) electrons. The molecule has 2 saturated carbocycles. The number of fused-ring (bicyclic) bond motifs is 3. The standard InChI is InChI=1S/C15H21NO3/c17-14(13-9-3-1-2-4-10(9)13)16-8-5-6-12(16)11(7-8)15(18)19/h8-13H,1-7H2,(H,18,19). The Hall–Kier alpha value is -1.06. The van der Waals surface area contributed by atoms with Crippen LogP contribution in [0.5, 0.6) is 0 Å². The molecule has 5 atom stereocenters. The van der Waals surface area contributed by atoms with Crippen molar-refractivity contribution in [3.63, 3.8) is 0 Å². The molecule has 5 unspecified atom stereocenters. The molecular formula is C15H21NO3. The first-order chi connectivity index (χ1) is 9.18. The fraction of sp³-hybridized carbons (Fsp3) is 0.867. The lowest BCUT2D eigenvalue weighted by Gasteiger charge is -2.23. The Morgan fingerprint density at radius 3 is 2.26 bits per heavy atom. The summed E-state index contributed by atoms with van der Waals surface area (Å²) in [5, 5.41) is 9.26. The summed E-state index contributed by atoms with van der Waals surface area (Å²) in [6, 6.07) is 0.221. The molecule has 4 heteroatoms. The van der Waals surface area contributed by atoms with Gasteiger partial charge in [-0.3, -0.25) is 9.59 Å². The lowest BCUT2D eigenvalue weighted by atomic mass is 9.89. The van der Waals surface area contributed by atoms with E-state index in [1.807, 2.05) is 4.90 Å². The van der Waals surface area contributed by atoms with E-state index in [2.05, 4.69) is 0 Å². The summed E-state index contributed by atoms with van der Waals surface area (Å²) in [5.41, 5.74) is 0. The van der Waals surface area contributed by atoms with Crippen LogP contribution in [0, 0.1) is 23.7 Å². The number of carbonyl (C=O) groups is 2. The molecular weight excluding hydrogens is 242 g/mol. The van der Waals surface area contributed by atoms with Gasteiger partial charge in [-0.1, -0.05) is 12.8 Å². The molecule has 2 aliphatic heterocycles. The number of aliphatic carboxylic acids is 1. The Morgan fingerprint density at radius 1 is 1.00 bits per heavy atom. The molecule has 1 amide bonds. The second-order valence-electron chi connectivity index (χ2n) is 6.86. The summed E-state index contributed by atoms with van der Waals surface area (Å²) in [5.74, 6) is 0.794. The average molecular weight is 263 g/mol. The summed E-state index contributed by atoms with van der Waals surface area (Å²) >= 11 is 0. The van der Waals surface area contributed by atoms with Crippen LogP contribution in [0.3, 0.4) is 0 Å². The van der Waals surface area contributed by atoms with Crippen molar-refractivity contribution in [2.24, 2.45) is 23.7 Å². The Kier molecular flexibility index (Phi) is 2.45. The van der Waals surface area contributed by atoms with E-state index in [1.54, 1.807) is 0 Å². The normalized spacial score (nSPS) is 47.1. The molecule has 2 aliphatic carbocycles. The first kappa shape index (κ1) is 11.7. The van der Waals surface area contributed by atoms with E-state index in [1.165, 1.54) is 25.7 Å². The van der Waals surface area contributed by atoms with Crippen molar-refractivity contribution in [1.82, 2.24) is 4.90 Å². The zero-order valence-corrected chi connectivity index (χ0v) is 11.1. The van der Waals surface area contributed by atoms with Crippen LogP contribution >= 0.6 is 0 Å². The van der Waals surface area contributed by atoms with E-state index >= 15 is 0 Å². The maximum atomic E-state index is 12.7. The van der Waals surface area contributed by atoms with Crippen LogP contribution < -0.4 is 0 Å². The van der Waals surface area contributed by atoms with Crippen LogP contribution in [0.1, 0.15) is 44.9 Å². The fourth-order valence-electron chi connectivity index (χ4n) is 5.13. The van der Waals surface area contributed by atoms with E-state index in [0.29, 0.717) is 24.2 Å². The van der Waals surface area contributed by atoms with Gasteiger partial charge in [0.2, 0.25) is 5.91 Å². The molecule has 19 heavy (non-hydrogen) atoms. The Morgan fingerprint density at radius 2 is 1.68 bits per heavy atom. The van der Waals surface area contributed by atoms with Crippen molar-refractivity contribution in [2.75, 3.05) is 0 Å². The van der Waals surface area contributed by atoms with Crippen LogP contribution in [0.25, 0.3) is 0 Å². The van der Waals surface area contributed by atoms with Gasteiger partial charge in [-0.2, -0.15) is 0 Å². The van der Waals surface area contributed by atoms with Crippen molar-refractivity contribution in [1.29, 1.82) is 0 Å². The number of carboxylic acids is 1. The predicted molar refractivity (Wildman–Crippen MR) is 68.3 cm³/mol. The van der Waals surface area contributed by atoms with Gasteiger partial charge in [0.25, 0.3) is 0 Å². The summed E-state index contributed by atoms with van der Waals surface area (Å²) in [4.78, 5) is 26.0. The molecule has 4 aliphatic rings. The van der Waals surface area contributed by atoms with Crippen molar-refractivity contribution in [3.05, 3.63) is 0 Å². The SMILES string of the molecule is O=C(O)C1CC2CCC1N2C(=O)C1C2CCCCC21. The third-order valence-corrected chi connectivity index (χ3v) is 6.05. The molecule has 0 aromatic rings. The van der Waals surface area contributed by atoms with Gasteiger partial charge >= 0.3 is 5.97 Å². The number of carboxylic acid groups (broad SMARTS) is 1. The molecule has 2 bridgehead atoms. The molecule has 2 heterocycles. The minimum atomic E-state index is -0.710. The summed E-state index contributed by atoms with van der Waals surface area (Å²) in [6.45, 7) is 0. The van der Waals surface area contributed by atoms with E-state index in [4.69, 9.17) is 0 Å². The van der Waals surface area contributed by atoms with E-state index in [0.717, 1.165) is 12.8 Å². The highest BCUT2D eigenvalue weighted by Gasteiger charge is 2.60. The monoisotopic (exact) mass is 263 g/mol. The highest BCUT2D eigenvalue weighted by molar-refractivity contribution is 5.85. The number of amides is 1. The quantitative estimate of drug-likeness (QED) is 0.827. The number of hydrogen-bond donors (Lipinski definition) is 1. The molecule has 2 saturated heterocycles. The van der Waals surface area contributed by atoms with E-state index in [-0.39, 0.29) is 23.9 Å². The number of nitrogens with zero attached hydrogens (tertiary/aromatic N) is 1. The Labute approximate surface area is 113 Å². The van der Waals surface area contributed by atoms with Crippen molar-refractivity contribution < 1.29 is 14.7 Å². The van der Waals surface area contributed by atoms with E-state index < -0.39 is 5.97 Å². The maximum Gasteiger partial charge on any atom is 0.308 e. The van der Waals surface area contributed by atoms with Gasteiger partial charge in [-0.05, 0) is 43.9 Å². The van der Waals surface area contributed by atoms with Crippen LogP contribution in [-0.4, -0.2) is 34.0 Å². The molecule has 0 aromatic heterocycles. The summed E-state index contributed by atoms with van der Waals surface area (Å²) in [6.07, 6.45) is 7.58. The molecule has 4 rings (SSSR count). The van der Waals surface area contributed by atoms with Gasteiger partial charge < -0.3 is 10.0 Å². The first-order valence-corrected chi connectivity index (χ1v) is 7.73. The number of rotatable bonds is 2. The summed E-state index contributed by atoms with van der Waals surface area (Å²) < 4.78 is 0. The average Bonchev–Trinajstić information content (AvgIpc) is 2.83. The third-order valence-electron chi connectivity index (χ3n) is 6.05. The second kappa shape index (κ2) is 3.97. The molecule has 0 spiro atoms. The Bertz CT molecular complexity index is 423. The largest absolute Gasteiger partial charge is 0.481 e. The number of carbonyl (C=O) groups excluding carboxylic acids is 1. The lowest BCUT2D eigenvalue weighted by Crippen LogP contribution is -2.39. The zero-order chi connectivity index (χ0) is 13.1. The predicted octanol–water partition coefficient (Wildman–Crippen LogP) is 1.89. The minimum absolute atomic E-state index is 0.00217. The van der Waals surface area contributed by atoms with Crippen LogP contribution in [0.15, 0.2) is 0 Å². The van der Waals surface area contributed by atoms with Crippen molar-refractivity contribution >= 4 is 11.9 Å². The van der Waals surface area contributed by atoms with Crippen LogP contribution in [0.4, 0.5) is 0 Å². The number of hydrogen-bond acceptors (Lipinski definition) is 2. The minimum Gasteiger partial charge on any atom is -0.481 e. The van der Waals surface area contributed by atoms with Gasteiger partial charge in [0, 0.05) is 18.0 Å². The molecule has 0 aromatic carbocycles. The molecule has 4 fully saturated rings. The maximum absolute atomic E-state index is 12.7. The topological polar surface area (TPSA) is 57.6 Å². The fourth-order valence-corrected chi connectivity index (χ4v) is 5.13. The van der Waals surface area contributed by atoms with Crippen LogP contribution in [-0.2, 0) is 9.59 Å². The molecule has 1 N–H and O–H groups in total. The first-order valence-electron chi connectivity index (χ1n) is 7.73. The molecule has 104 valence electrons. The zero-order valence-electron chi connectivity index (χ0n) is 11.1. The summed E-state index contributed by atoms with van der Waals surface area (Å²) in [7, 11) is 0. The van der Waals surface area contributed by atoms with Crippen LogP contribution in [0.2, 0.25) is 0 Å². The van der Waals surface area contributed by atoms with E-state index in [9.17, 15) is 14.7 Å². The molecule has 4 nitrogen and oxygen atoms in total. The van der Waals surface area contributed by atoms with Gasteiger partial charge in [0.15, 0.2) is 0 Å². The van der Waals surface area contributed by atoms with Gasteiger partial charge in [-0.25, -0.2) is 0 Å². The van der Waals surface area contributed by atoms with Crippen molar-refractivity contribution in [3.8, 4) is 0 Å². The van der Waals surface area contributed by atoms with Gasteiger partial charge in [0.1, 0.15) is 0 Å².